The summed E-state index contributed by atoms with van der Waals surface area (Å²) in [5.74, 6) is -0.201. The number of benzene rings is 2. The molecule has 0 aromatic heterocycles. The van der Waals surface area contributed by atoms with E-state index in [1.54, 1.807) is 12.1 Å². The van der Waals surface area contributed by atoms with Gasteiger partial charge in [-0.05, 0) is 46.6 Å². The summed E-state index contributed by atoms with van der Waals surface area (Å²) >= 11 is 3.44. The highest BCUT2D eigenvalue weighted by molar-refractivity contribution is 9.10. The van der Waals surface area contributed by atoms with Crippen molar-refractivity contribution >= 4 is 27.3 Å². The Balaban J connectivity index is 2.16. The van der Waals surface area contributed by atoms with Gasteiger partial charge in [-0.3, -0.25) is 0 Å². The number of halogens is 2. The average molecular weight is 309 g/mol. The quantitative estimate of drug-likeness (QED) is 0.838. The highest BCUT2D eigenvalue weighted by Gasteiger charge is 2.05. The highest BCUT2D eigenvalue weighted by Crippen LogP contribution is 2.28. The molecule has 0 amide bonds. The molecule has 2 aromatic rings. The van der Waals surface area contributed by atoms with Gasteiger partial charge < -0.3 is 11.1 Å². The standard InChI is InChI=1S/C14H14BrFN2/c1-9-6-14(11(15)7-13(9)17)18-8-10-4-2-3-5-12(10)16/h2-7,18H,8,17H2,1H3. The molecule has 2 aromatic carbocycles. The van der Waals surface area contributed by atoms with Gasteiger partial charge in [-0.1, -0.05) is 18.2 Å². The summed E-state index contributed by atoms with van der Waals surface area (Å²) in [5, 5.41) is 3.20. The van der Waals surface area contributed by atoms with Crippen LogP contribution in [0.1, 0.15) is 11.1 Å². The minimum Gasteiger partial charge on any atom is -0.398 e. The van der Waals surface area contributed by atoms with E-state index in [0.29, 0.717) is 12.1 Å². The summed E-state index contributed by atoms with van der Waals surface area (Å²) in [4.78, 5) is 0. The minimum atomic E-state index is -0.201. The molecule has 0 aliphatic carbocycles. The molecule has 0 saturated carbocycles. The van der Waals surface area contributed by atoms with Crippen molar-refractivity contribution in [2.24, 2.45) is 0 Å². The smallest absolute Gasteiger partial charge is 0.128 e. The van der Waals surface area contributed by atoms with Crippen LogP contribution in [0.25, 0.3) is 0 Å². The Morgan fingerprint density at radius 3 is 2.72 bits per heavy atom. The Kier molecular flexibility index (Phi) is 3.87. The molecule has 94 valence electrons. The SMILES string of the molecule is Cc1cc(NCc2ccccc2F)c(Br)cc1N. The van der Waals surface area contributed by atoms with Crippen molar-refractivity contribution in [2.45, 2.75) is 13.5 Å². The summed E-state index contributed by atoms with van der Waals surface area (Å²) in [6.07, 6.45) is 0. The van der Waals surface area contributed by atoms with E-state index < -0.39 is 0 Å². The van der Waals surface area contributed by atoms with Crippen LogP contribution in [0, 0.1) is 12.7 Å². The van der Waals surface area contributed by atoms with Crippen LogP contribution in [-0.4, -0.2) is 0 Å². The molecular formula is C14H14BrFN2. The Labute approximate surface area is 114 Å². The molecule has 0 radical (unpaired) electrons. The first kappa shape index (κ1) is 12.9. The summed E-state index contributed by atoms with van der Waals surface area (Å²) < 4.78 is 14.3. The van der Waals surface area contributed by atoms with E-state index in [0.717, 1.165) is 21.4 Å². The first-order chi connectivity index (χ1) is 8.58. The van der Waals surface area contributed by atoms with Crippen LogP contribution in [0.5, 0.6) is 0 Å². The van der Waals surface area contributed by atoms with Gasteiger partial charge >= 0.3 is 0 Å². The van der Waals surface area contributed by atoms with Crippen molar-refractivity contribution in [3.8, 4) is 0 Å². The van der Waals surface area contributed by atoms with Gasteiger partial charge in [-0.25, -0.2) is 4.39 Å². The molecule has 4 heteroatoms. The molecule has 0 saturated heterocycles. The lowest BCUT2D eigenvalue weighted by molar-refractivity contribution is 0.613. The fraction of sp³-hybridized carbons (Fsp3) is 0.143. The monoisotopic (exact) mass is 308 g/mol. The number of rotatable bonds is 3. The molecule has 3 N–H and O–H groups in total. The third-order valence-electron chi connectivity index (χ3n) is 2.78. The fourth-order valence-corrected chi connectivity index (χ4v) is 2.17. The van der Waals surface area contributed by atoms with Crippen LogP contribution in [0.3, 0.4) is 0 Å². The van der Waals surface area contributed by atoms with E-state index in [1.165, 1.54) is 6.07 Å². The Morgan fingerprint density at radius 1 is 1.28 bits per heavy atom. The lowest BCUT2D eigenvalue weighted by Crippen LogP contribution is -2.03. The second kappa shape index (κ2) is 5.40. The molecule has 2 nitrogen and oxygen atoms in total. The predicted molar refractivity (Wildman–Crippen MR) is 77.0 cm³/mol. The van der Waals surface area contributed by atoms with Crippen LogP contribution in [-0.2, 0) is 6.54 Å². The van der Waals surface area contributed by atoms with Crippen LogP contribution in [0.15, 0.2) is 40.9 Å². The van der Waals surface area contributed by atoms with E-state index in [2.05, 4.69) is 21.2 Å². The maximum Gasteiger partial charge on any atom is 0.128 e. The number of hydrogen-bond donors (Lipinski definition) is 2. The Hall–Kier alpha value is -1.55. The molecule has 0 bridgehead atoms. The Morgan fingerprint density at radius 2 is 2.00 bits per heavy atom. The molecule has 18 heavy (non-hydrogen) atoms. The number of aryl methyl sites for hydroxylation is 1. The van der Waals surface area contributed by atoms with E-state index >= 15 is 0 Å². The molecule has 0 unspecified atom stereocenters. The number of hydrogen-bond acceptors (Lipinski definition) is 2. The zero-order chi connectivity index (χ0) is 13.1. The summed E-state index contributed by atoms with van der Waals surface area (Å²) in [7, 11) is 0. The summed E-state index contributed by atoms with van der Waals surface area (Å²) in [6, 6.07) is 10.5. The van der Waals surface area contributed by atoms with Gasteiger partial charge in [0, 0.05) is 28.0 Å². The Bertz CT molecular complexity index is 570. The summed E-state index contributed by atoms with van der Waals surface area (Å²) in [6.45, 7) is 2.38. The van der Waals surface area contributed by atoms with E-state index in [9.17, 15) is 4.39 Å². The van der Waals surface area contributed by atoms with Gasteiger partial charge in [0.2, 0.25) is 0 Å². The van der Waals surface area contributed by atoms with Crippen LogP contribution in [0.2, 0.25) is 0 Å². The topological polar surface area (TPSA) is 38.0 Å². The van der Waals surface area contributed by atoms with Gasteiger partial charge in [0.25, 0.3) is 0 Å². The number of nitrogens with one attached hydrogen (secondary N) is 1. The molecular weight excluding hydrogens is 295 g/mol. The number of nitrogen functional groups attached to an aromatic ring is 1. The zero-order valence-electron chi connectivity index (χ0n) is 10.0. The molecule has 0 spiro atoms. The zero-order valence-corrected chi connectivity index (χ0v) is 11.6. The van der Waals surface area contributed by atoms with Crippen molar-refractivity contribution in [3.63, 3.8) is 0 Å². The van der Waals surface area contributed by atoms with Crippen LogP contribution < -0.4 is 11.1 Å². The third-order valence-corrected chi connectivity index (χ3v) is 3.44. The molecule has 2 rings (SSSR count). The molecule has 0 atom stereocenters. The largest absolute Gasteiger partial charge is 0.398 e. The second-order valence-electron chi connectivity index (χ2n) is 4.13. The number of anilines is 2. The van der Waals surface area contributed by atoms with Gasteiger partial charge in [-0.2, -0.15) is 0 Å². The normalized spacial score (nSPS) is 10.4. The third kappa shape index (κ3) is 2.82. The molecule has 0 aliphatic heterocycles. The molecule has 0 heterocycles. The van der Waals surface area contributed by atoms with Crippen molar-refractivity contribution in [1.82, 2.24) is 0 Å². The van der Waals surface area contributed by atoms with Gasteiger partial charge in [0.15, 0.2) is 0 Å². The van der Waals surface area contributed by atoms with Crippen molar-refractivity contribution in [1.29, 1.82) is 0 Å². The van der Waals surface area contributed by atoms with E-state index in [1.807, 2.05) is 25.1 Å². The van der Waals surface area contributed by atoms with E-state index in [4.69, 9.17) is 5.73 Å². The fourth-order valence-electron chi connectivity index (χ4n) is 1.66. The second-order valence-corrected chi connectivity index (χ2v) is 4.99. The van der Waals surface area contributed by atoms with Crippen LogP contribution in [0.4, 0.5) is 15.8 Å². The minimum absolute atomic E-state index is 0.201. The summed E-state index contributed by atoms with van der Waals surface area (Å²) in [5.41, 5.74) is 9.08. The molecule has 0 aliphatic rings. The first-order valence-corrected chi connectivity index (χ1v) is 6.40. The molecule has 0 fully saturated rings. The highest BCUT2D eigenvalue weighted by atomic mass is 79.9. The van der Waals surface area contributed by atoms with Crippen molar-refractivity contribution < 1.29 is 4.39 Å². The number of nitrogens with two attached hydrogens (primary N) is 1. The van der Waals surface area contributed by atoms with Crippen molar-refractivity contribution in [3.05, 3.63) is 57.8 Å². The lowest BCUT2D eigenvalue weighted by atomic mass is 10.1. The first-order valence-electron chi connectivity index (χ1n) is 5.61. The van der Waals surface area contributed by atoms with Crippen LogP contribution >= 0.6 is 15.9 Å². The van der Waals surface area contributed by atoms with Gasteiger partial charge in [-0.15, -0.1) is 0 Å². The lowest BCUT2D eigenvalue weighted by Gasteiger charge is -2.11. The average Bonchev–Trinajstić information content (AvgIpc) is 2.34. The maximum absolute atomic E-state index is 13.5. The van der Waals surface area contributed by atoms with Crippen molar-refractivity contribution in [2.75, 3.05) is 11.1 Å². The van der Waals surface area contributed by atoms with Gasteiger partial charge in [0.05, 0.1) is 0 Å². The predicted octanol–water partition coefficient (Wildman–Crippen LogP) is 4.09. The maximum atomic E-state index is 13.5. The van der Waals surface area contributed by atoms with E-state index in [-0.39, 0.29) is 5.82 Å². The van der Waals surface area contributed by atoms with Gasteiger partial charge in [0.1, 0.15) is 5.82 Å².